The van der Waals surface area contributed by atoms with E-state index in [0.717, 1.165) is 19.5 Å². The van der Waals surface area contributed by atoms with Gasteiger partial charge in [0.1, 0.15) is 5.84 Å². The molecular weight excluding hydrogens is 190 g/mol. The zero-order valence-corrected chi connectivity index (χ0v) is 8.69. The second-order valence-electron chi connectivity index (χ2n) is 3.33. The molecule has 0 saturated heterocycles. The highest BCUT2D eigenvalue weighted by Crippen LogP contribution is 1.97. The third kappa shape index (κ3) is 5.02. The van der Waals surface area contributed by atoms with Crippen molar-refractivity contribution in [2.75, 3.05) is 13.1 Å². The van der Waals surface area contributed by atoms with Crippen LogP contribution in [0.1, 0.15) is 12.0 Å². The maximum absolute atomic E-state index is 8.30. The highest BCUT2D eigenvalue weighted by Gasteiger charge is 1.93. The van der Waals surface area contributed by atoms with Gasteiger partial charge in [-0.1, -0.05) is 35.5 Å². The summed E-state index contributed by atoms with van der Waals surface area (Å²) in [5.74, 6) is 0.266. The van der Waals surface area contributed by atoms with E-state index < -0.39 is 0 Å². The van der Waals surface area contributed by atoms with E-state index in [0.29, 0.717) is 6.42 Å². The van der Waals surface area contributed by atoms with Gasteiger partial charge in [-0.15, -0.1) is 0 Å². The van der Waals surface area contributed by atoms with Gasteiger partial charge in [-0.3, -0.25) is 0 Å². The number of nitrogens with one attached hydrogen (secondary N) is 1. The Kier molecular flexibility index (Phi) is 5.25. The van der Waals surface area contributed by atoms with Crippen LogP contribution in [0.5, 0.6) is 0 Å². The zero-order chi connectivity index (χ0) is 10.9. The highest BCUT2D eigenvalue weighted by atomic mass is 16.4. The fourth-order valence-electron chi connectivity index (χ4n) is 1.27. The molecule has 0 radical (unpaired) electrons. The van der Waals surface area contributed by atoms with Crippen molar-refractivity contribution in [1.82, 2.24) is 5.32 Å². The van der Waals surface area contributed by atoms with Crippen LogP contribution in [0.15, 0.2) is 35.5 Å². The van der Waals surface area contributed by atoms with Crippen LogP contribution >= 0.6 is 0 Å². The molecule has 0 fully saturated rings. The predicted molar refractivity (Wildman–Crippen MR) is 61.0 cm³/mol. The Balaban J connectivity index is 2.08. The highest BCUT2D eigenvalue weighted by molar-refractivity contribution is 5.79. The van der Waals surface area contributed by atoms with Crippen LogP contribution < -0.4 is 11.1 Å². The van der Waals surface area contributed by atoms with E-state index in [1.54, 1.807) is 0 Å². The summed E-state index contributed by atoms with van der Waals surface area (Å²) in [6.07, 6.45) is 1.57. The average Bonchev–Trinajstić information content (AvgIpc) is 2.29. The fourth-order valence-corrected chi connectivity index (χ4v) is 1.27. The first kappa shape index (κ1) is 11.5. The molecule has 0 aliphatic rings. The Morgan fingerprint density at radius 2 is 2.00 bits per heavy atom. The van der Waals surface area contributed by atoms with Gasteiger partial charge in [0, 0.05) is 13.0 Å². The lowest BCUT2D eigenvalue weighted by molar-refractivity contribution is 0.316. The first-order valence-electron chi connectivity index (χ1n) is 5.04. The maximum atomic E-state index is 8.30. The number of oxime groups is 1. The normalized spacial score (nSPS) is 11.6. The summed E-state index contributed by atoms with van der Waals surface area (Å²) in [7, 11) is 0. The molecule has 4 N–H and O–H groups in total. The maximum Gasteiger partial charge on any atom is 0.140 e. The molecular formula is C11H17N3O. The van der Waals surface area contributed by atoms with E-state index in [-0.39, 0.29) is 5.84 Å². The Morgan fingerprint density at radius 1 is 1.27 bits per heavy atom. The molecule has 0 spiro atoms. The van der Waals surface area contributed by atoms with Crippen LogP contribution in [-0.2, 0) is 6.42 Å². The van der Waals surface area contributed by atoms with E-state index in [1.165, 1.54) is 5.56 Å². The molecule has 0 unspecified atom stereocenters. The number of benzene rings is 1. The molecule has 0 atom stereocenters. The van der Waals surface area contributed by atoms with Gasteiger partial charge in [0.2, 0.25) is 0 Å². The van der Waals surface area contributed by atoms with Gasteiger partial charge in [0.05, 0.1) is 0 Å². The lowest BCUT2D eigenvalue weighted by atomic mass is 10.1. The van der Waals surface area contributed by atoms with Gasteiger partial charge in [0.25, 0.3) is 0 Å². The summed E-state index contributed by atoms with van der Waals surface area (Å²) in [6.45, 7) is 1.64. The van der Waals surface area contributed by atoms with Crippen LogP contribution in [-0.4, -0.2) is 24.1 Å². The number of hydrogen-bond donors (Lipinski definition) is 3. The topological polar surface area (TPSA) is 70.6 Å². The third-order valence-electron chi connectivity index (χ3n) is 2.12. The van der Waals surface area contributed by atoms with E-state index in [2.05, 4.69) is 22.6 Å². The van der Waals surface area contributed by atoms with Gasteiger partial charge in [-0.05, 0) is 18.5 Å². The Bertz CT molecular complexity index is 298. The minimum atomic E-state index is 0.266. The van der Waals surface area contributed by atoms with Crippen molar-refractivity contribution in [2.24, 2.45) is 10.9 Å². The van der Waals surface area contributed by atoms with E-state index in [4.69, 9.17) is 10.9 Å². The minimum Gasteiger partial charge on any atom is -0.409 e. The first-order valence-corrected chi connectivity index (χ1v) is 5.04. The van der Waals surface area contributed by atoms with Crippen molar-refractivity contribution in [2.45, 2.75) is 12.8 Å². The summed E-state index contributed by atoms with van der Waals surface area (Å²) < 4.78 is 0. The first-order chi connectivity index (χ1) is 7.33. The average molecular weight is 207 g/mol. The molecule has 0 amide bonds. The lowest BCUT2D eigenvalue weighted by Gasteiger charge is -2.03. The smallest absolute Gasteiger partial charge is 0.140 e. The van der Waals surface area contributed by atoms with Gasteiger partial charge >= 0.3 is 0 Å². The third-order valence-corrected chi connectivity index (χ3v) is 2.12. The van der Waals surface area contributed by atoms with Crippen molar-refractivity contribution in [3.63, 3.8) is 0 Å². The van der Waals surface area contributed by atoms with Crippen molar-refractivity contribution in [1.29, 1.82) is 0 Å². The monoisotopic (exact) mass is 207 g/mol. The molecule has 0 bridgehead atoms. The van der Waals surface area contributed by atoms with E-state index in [1.807, 2.05) is 18.2 Å². The standard InChI is InChI=1S/C11H17N3O/c12-11(14-15)7-9-13-8-6-10-4-2-1-3-5-10/h1-5,13,15H,6-9H2,(H2,12,14). The summed E-state index contributed by atoms with van der Waals surface area (Å²) in [6, 6.07) is 10.3. The molecule has 1 aromatic rings. The molecule has 1 aromatic carbocycles. The molecule has 4 heteroatoms. The number of nitrogens with zero attached hydrogens (tertiary/aromatic N) is 1. The predicted octanol–water partition coefficient (Wildman–Crippen LogP) is 0.955. The molecule has 0 saturated carbocycles. The summed E-state index contributed by atoms with van der Waals surface area (Å²) >= 11 is 0. The molecule has 0 aliphatic heterocycles. The molecule has 0 aromatic heterocycles. The lowest BCUT2D eigenvalue weighted by Crippen LogP contribution is -2.24. The Hall–Kier alpha value is -1.55. The Morgan fingerprint density at radius 3 is 2.67 bits per heavy atom. The Labute approximate surface area is 89.8 Å². The van der Waals surface area contributed by atoms with Crippen molar-refractivity contribution < 1.29 is 5.21 Å². The number of hydrogen-bond acceptors (Lipinski definition) is 3. The molecule has 0 heterocycles. The molecule has 0 aliphatic carbocycles. The van der Waals surface area contributed by atoms with E-state index in [9.17, 15) is 0 Å². The molecule has 15 heavy (non-hydrogen) atoms. The van der Waals surface area contributed by atoms with Crippen LogP contribution in [0.25, 0.3) is 0 Å². The van der Waals surface area contributed by atoms with Crippen LogP contribution in [0.3, 0.4) is 0 Å². The van der Waals surface area contributed by atoms with Gasteiger partial charge in [-0.2, -0.15) is 0 Å². The van der Waals surface area contributed by atoms with Gasteiger partial charge in [0.15, 0.2) is 0 Å². The molecule has 4 nitrogen and oxygen atoms in total. The van der Waals surface area contributed by atoms with Crippen molar-refractivity contribution in [3.8, 4) is 0 Å². The summed E-state index contributed by atoms with van der Waals surface area (Å²) in [4.78, 5) is 0. The van der Waals surface area contributed by atoms with Crippen molar-refractivity contribution >= 4 is 5.84 Å². The molecule has 1 rings (SSSR count). The largest absolute Gasteiger partial charge is 0.409 e. The second-order valence-corrected chi connectivity index (χ2v) is 3.33. The zero-order valence-electron chi connectivity index (χ0n) is 8.69. The summed E-state index contributed by atoms with van der Waals surface area (Å²) in [5, 5.41) is 14.4. The van der Waals surface area contributed by atoms with Crippen molar-refractivity contribution in [3.05, 3.63) is 35.9 Å². The van der Waals surface area contributed by atoms with Crippen LogP contribution in [0.4, 0.5) is 0 Å². The number of rotatable bonds is 6. The van der Waals surface area contributed by atoms with Crippen LogP contribution in [0, 0.1) is 0 Å². The number of amidine groups is 1. The fraction of sp³-hybridized carbons (Fsp3) is 0.364. The number of nitrogens with two attached hydrogens (primary N) is 1. The van der Waals surface area contributed by atoms with Gasteiger partial charge < -0.3 is 16.3 Å². The van der Waals surface area contributed by atoms with Crippen LogP contribution in [0.2, 0.25) is 0 Å². The quantitative estimate of drug-likeness (QED) is 0.214. The van der Waals surface area contributed by atoms with Gasteiger partial charge in [-0.25, -0.2) is 0 Å². The van der Waals surface area contributed by atoms with E-state index >= 15 is 0 Å². The summed E-state index contributed by atoms with van der Waals surface area (Å²) in [5.41, 5.74) is 6.64. The second kappa shape index (κ2) is 6.84. The minimum absolute atomic E-state index is 0.266. The SMILES string of the molecule is NC(CCNCCc1ccccc1)=NO. The molecule has 82 valence electrons.